The third kappa shape index (κ3) is 3.18. The second-order valence-corrected chi connectivity index (χ2v) is 5.40. The van der Waals surface area contributed by atoms with Crippen molar-refractivity contribution in [1.29, 1.82) is 0 Å². The molecule has 0 saturated heterocycles. The molecule has 0 bridgehead atoms. The van der Waals surface area contributed by atoms with E-state index in [9.17, 15) is 4.79 Å². The molecule has 0 amide bonds. The van der Waals surface area contributed by atoms with Gasteiger partial charge in [-0.25, -0.2) is 4.79 Å². The molecule has 4 nitrogen and oxygen atoms in total. The van der Waals surface area contributed by atoms with Gasteiger partial charge in [0.15, 0.2) is 0 Å². The maximum atomic E-state index is 11.9. The minimum atomic E-state index is -0.351. The van der Waals surface area contributed by atoms with E-state index in [-0.39, 0.29) is 12.0 Å². The van der Waals surface area contributed by atoms with Crippen molar-refractivity contribution in [3.63, 3.8) is 0 Å². The van der Waals surface area contributed by atoms with Gasteiger partial charge in [-0.2, -0.15) is 0 Å². The lowest BCUT2D eigenvalue weighted by molar-refractivity contribution is -0.135. The Kier molecular flexibility index (Phi) is 4.66. The van der Waals surface area contributed by atoms with E-state index in [4.69, 9.17) is 9.47 Å². The number of ether oxygens (including phenoxy) is 2. The van der Waals surface area contributed by atoms with Gasteiger partial charge in [0.25, 0.3) is 0 Å². The molecule has 1 aliphatic rings. The van der Waals surface area contributed by atoms with Crippen LogP contribution in [0.4, 0.5) is 5.69 Å². The van der Waals surface area contributed by atoms with Gasteiger partial charge < -0.3 is 14.4 Å². The van der Waals surface area contributed by atoms with Crippen molar-refractivity contribution in [1.82, 2.24) is 0 Å². The summed E-state index contributed by atoms with van der Waals surface area (Å²) in [6.07, 6.45) is 5.64. The Morgan fingerprint density at radius 3 is 2.33 bits per heavy atom. The van der Waals surface area contributed by atoms with Crippen molar-refractivity contribution >= 4 is 11.7 Å². The van der Waals surface area contributed by atoms with Crippen LogP contribution >= 0.6 is 0 Å². The molecule has 0 aromatic heterocycles. The van der Waals surface area contributed by atoms with Gasteiger partial charge in [-0.1, -0.05) is 36.4 Å². The van der Waals surface area contributed by atoms with Gasteiger partial charge in [0.1, 0.15) is 5.75 Å². The zero-order valence-corrected chi connectivity index (χ0v) is 13.7. The molecule has 2 aromatic carbocycles. The van der Waals surface area contributed by atoms with Crippen molar-refractivity contribution in [3.05, 3.63) is 84.1 Å². The smallest absolute Gasteiger partial charge is 0.339 e. The summed E-state index contributed by atoms with van der Waals surface area (Å²) in [6.45, 7) is 0. The summed E-state index contributed by atoms with van der Waals surface area (Å²) in [4.78, 5) is 14.0. The minimum Gasteiger partial charge on any atom is -0.497 e. The second-order valence-electron chi connectivity index (χ2n) is 5.40. The minimum absolute atomic E-state index is 0.00741. The molecular weight excluding hydrogens is 302 g/mol. The number of rotatable bonds is 4. The van der Waals surface area contributed by atoms with Crippen LogP contribution < -0.4 is 9.64 Å². The molecule has 0 fully saturated rings. The molecule has 1 heterocycles. The van der Waals surface area contributed by atoms with E-state index in [2.05, 4.69) is 17.0 Å². The average molecular weight is 321 g/mol. The highest BCUT2D eigenvalue weighted by atomic mass is 16.5. The quantitative estimate of drug-likeness (QED) is 0.801. The Labute approximate surface area is 141 Å². The Morgan fingerprint density at radius 1 is 1.00 bits per heavy atom. The van der Waals surface area contributed by atoms with Crippen LogP contribution in [0.3, 0.4) is 0 Å². The predicted octanol–water partition coefficient (Wildman–Crippen LogP) is 3.87. The molecule has 2 aromatic rings. The molecule has 0 radical (unpaired) electrons. The van der Waals surface area contributed by atoms with Gasteiger partial charge >= 0.3 is 5.97 Å². The molecule has 4 heteroatoms. The lowest BCUT2D eigenvalue weighted by Crippen LogP contribution is -2.26. The van der Waals surface area contributed by atoms with Gasteiger partial charge in [0.2, 0.25) is 0 Å². The SMILES string of the molecule is COC(=O)C1=CN(c2ccc(OC)cc2)C(c2ccccc2)C=C1. The summed E-state index contributed by atoms with van der Waals surface area (Å²) in [5.74, 6) is 0.441. The number of hydrogen-bond acceptors (Lipinski definition) is 4. The maximum Gasteiger partial charge on any atom is 0.339 e. The van der Waals surface area contributed by atoms with Crippen molar-refractivity contribution in [2.24, 2.45) is 0 Å². The van der Waals surface area contributed by atoms with E-state index >= 15 is 0 Å². The molecule has 0 N–H and O–H groups in total. The second kappa shape index (κ2) is 7.04. The van der Waals surface area contributed by atoms with E-state index < -0.39 is 0 Å². The normalized spacial score (nSPS) is 16.5. The lowest BCUT2D eigenvalue weighted by atomic mass is 10.00. The van der Waals surface area contributed by atoms with Crippen LogP contribution in [0.15, 0.2) is 78.5 Å². The summed E-state index contributed by atoms with van der Waals surface area (Å²) < 4.78 is 10.1. The van der Waals surface area contributed by atoms with E-state index in [1.54, 1.807) is 7.11 Å². The molecular formula is C20H19NO3. The Morgan fingerprint density at radius 2 is 1.71 bits per heavy atom. The summed E-state index contributed by atoms with van der Waals surface area (Å²) >= 11 is 0. The van der Waals surface area contributed by atoms with Gasteiger partial charge in [-0.3, -0.25) is 0 Å². The number of hydrogen-bond donors (Lipinski definition) is 0. The summed E-state index contributed by atoms with van der Waals surface area (Å²) in [5, 5.41) is 0. The van der Waals surface area contributed by atoms with E-state index in [1.165, 1.54) is 7.11 Å². The van der Waals surface area contributed by atoms with Crippen LogP contribution in [-0.4, -0.2) is 20.2 Å². The molecule has 3 rings (SSSR count). The van der Waals surface area contributed by atoms with Gasteiger partial charge in [-0.15, -0.1) is 0 Å². The Balaban J connectivity index is 2.01. The molecule has 1 unspecified atom stereocenters. The number of esters is 1. The number of nitrogens with zero attached hydrogens (tertiary/aromatic N) is 1. The first-order valence-electron chi connectivity index (χ1n) is 7.68. The molecule has 122 valence electrons. The van der Waals surface area contributed by atoms with Crippen LogP contribution in [-0.2, 0) is 9.53 Å². The summed E-state index contributed by atoms with van der Waals surface area (Å²) in [5.41, 5.74) is 2.63. The number of carbonyl (C=O) groups is 1. The highest BCUT2D eigenvalue weighted by molar-refractivity contribution is 5.92. The van der Waals surface area contributed by atoms with Crippen molar-refractivity contribution < 1.29 is 14.3 Å². The fraction of sp³-hybridized carbons (Fsp3) is 0.150. The number of carbonyl (C=O) groups excluding carboxylic acids is 1. The van der Waals surface area contributed by atoms with Gasteiger partial charge in [0.05, 0.1) is 25.8 Å². The Hall–Kier alpha value is -3.01. The van der Waals surface area contributed by atoms with E-state index in [1.807, 2.05) is 60.8 Å². The third-order valence-corrected chi connectivity index (χ3v) is 3.97. The zero-order chi connectivity index (χ0) is 16.9. The first kappa shape index (κ1) is 15.9. The standard InChI is InChI=1S/C20H19NO3/c1-23-18-11-9-17(10-12-18)21-14-16(20(22)24-2)8-13-19(21)15-6-4-3-5-7-15/h3-14,19H,1-2H3. The molecule has 0 saturated carbocycles. The summed E-state index contributed by atoms with van der Waals surface area (Å²) in [7, 11) is 3.03. The van der Waals surface area contributed by atoms with Crippen molar-refractivity contribution in [2.45, 2.75) is 6.04 Å². The van der Waals surface area contributed by atoms with Crippen LogP contribution in [0, 0.1) is 0 Å². The number of benzene rings is 2. The zero-order valence-electron chi connectivity index (χ0n) is 13.7. The molecule has 0 spiro atoms. The van der Waals surface area contributed by atoms with Crippen LogP contribution in [0.2, 0.25) is 0 Å². The van der Waals surface area contributed by atoms with Crippen LogP contribution in [0.5, 0.6) is 5.75 Å². The average Bonchev–Trinajstić information content (AvgIpc) is 2.67. The van der Waals surface area contributed by atoms with Crippen LogP contribution in [0.25, 0.3) is 0 Å². The largest absolute Gasteiger partial charge is 0.497 e. The predicted molar refractivity (Wildman–Crippen MR) is 93.9 cm³/mol. The van der Waals surface area contributed by atoms with E-state index in [0.717, 1.165) is 17.0 Å². The fourth-order valence-corrected chi connectivity index (χ4v) is 2.71. The Bertz CT molecular complexity index is 763. The van der Waals surface area contributed by atoms with Crippen LogP contribution in [0.1, 0.15) is 11.6 Å². The molecule has 24 heavy (non-hydrogen) atoms. The van der Waals surface area contributed by atoms with E-state index in [0.29, 0.717) is 5.57 Å². The molecule has 0 aliphatic carbocycles. The van der Waals surface area contributed by atoms with Gasteiger partial charge in [-0.05, 0) is 35.9 Å². The molecule has 1 aliphatic heterocycles. The molecule has 1 atom stereocenters. The van der Waals surface area contributed by atoms with Gasteiger partial charge in [0, 0.05) is 11.9 Å². The highest BCUT2D eigenvalue weighted by Crippen LogP contribution is 2.33. The summed E-state index contributed by atoms with van der Waals surface area (Å²) in [6, 6.07) is 17.9. The number of anilines is 1. The third-order valence-electron chi connectivity index (χ3n) is 3.97. The van der Waals surface area contributed by atoms with Crippen molar-refractivity contribution in [2.75, 3.05) is 19.1 Å². The topological polar surface area (TPSA) is 38.8 Å². The first-order valence-corrected chi connectivity index (χ1v) is 7.68. The first-order chi connectivity index (χ1) is 11.7. The highest BCUT2D eigenvalue weighted by Gasteiger charge is 2.23. The van der Waals surface area contributed by atoms with Crippen molar-refractivity contribution in [3.8, 4) is 5.75 Å². The monoisotopic (exact) mass is 321 g/mol. The maximum absolute atomic E-state index is 11.9. The lowest BCUT2D eigenvalue weighted by Gasteiger charge is -2.32. The number of methoxy groups -OCH3 is 2. The fourth-order valence-electron chi connectivity index (χ4n) is 2.71.